The van der Waals surface area contributed by atoms with Crippen molar-refractivity contribution in [2.24, 2.45) is 0 Å². The minimum atomic E-state index is -1.82. The number of ether oxygens (including phenoxy) is 1. The Kier molecular flexibility index (Phi) is 6.10. The monoisotopic (exact) mass is 322 g/mol. The predicted octanol–water partition coefficient (Wildman–Crippen LogP) is 2.13. The number of hydrogen-bond donors (Lipinski definition) is 1. The fourth-order valence-electron chi connectivity index (χ4n) is 2.03. The Morgan fingerprint density at radius 3 is 2.41 bits per heavy atom. The zero-order chi connectivity index (χ0) is 17.0. The topological polar surface area (TPSA) is 67.9 Å². The third kappa shape index (κ3) is 3.85. The van der Waals surface area contributed by atoms with Crippen molar-refractivity contribution < 1.29 is 27.9 Å². The van der Waals surface area contributed by atoms with Crippen LogP contribution in [-0.2, 0) is 14.4 Å². The van der Waals surface area contributed by atoms with Crippen molar-refractivity contribution in [3.05, 3.63) is 0 Å². The molecule has 0 radical (unpaired) electrons. The predicted molar refractivity (Wildman–Crippen MR) is 75.5 cm³/mol. The van der Waals surface area contributed by atoms with E-state index < -0.39 is 42.5 Å². The molecule has 1 fully saturated rings. The molecule has 1 heterocycles. The number of hydrogen-bond acceptors (Lipinski definition) is 4. The maximum atomic E-state index is 13.4. The van der Waals surface area contributed by atoms with Gasteiger partial charge in [0, 0.05) is 0 Å². The van der Waals surface area contributed by atoms with Crippen LogP contribution in [0.4, 0.5) is 13.6 Å². The molecular formula is C14H24F2N2O4. The fourth-order valence-corrected chi connectivity index (χ4v) is 2.03. The highest BCUT2D eigenvalue weighted by atomic mass is 19.1. The highest BCUT2D eigenvalue weighted by molar-refractivity contribution is 5.93. The van der Waals surface area contributed by atoms with Gasteiger partial charge in [0.15, 0.2) is 5.54 Å². The number of carbonyl (C=O) groups excluding carboxylic acids is 2. The minimum Gasteiger partial charge on any atom is -0.444 e. The zero-order valence-electron chi connectivity index (χ0n) is 13.4. The lowest BCUT2D eigenvalue weighted by Crippen LogP contribution is -2.81. The van der Waals surface area contributed by atoms with E-state index in [4.69, 9.17) is 9.57 Å². The molecule has 0 bridgehead atoms. The molecule has 0 unspecified atom stereocenters. The Labute approximate surface area is 129 Å². The Hall–Kier alpha value is -1.44. The van der Waals surface area contributed by atoms with E-state index >= 15 is 0 Å². The number of halogens is 2. The van der Waals surface area contributed by atoms with Crippen LogP contribution in [0.15, 0.2) is 0 Å². The third-order valence-electron chi connectivity index (χ3n) is 3.23. The Bertz CT molecular complexity index is 408. The number of carbonyl (C=O) groups is 2. The van der Waals surface area contributed by atoms with Crippen LogP contribution >= 0.6 is 0 Å². The Balaban J connectivity index is 2.74. The molecule has 1 aliphatic rings. The summed E-state index contributed by atoms with van der Waals surface area (Å²) < 4.78 is 31.7. The molecular weight excluding hydrogens is 298 g/mol. The van der Waals surface area contributed by atoms with Gasteiger partial charge in [0.05, 0.1) is 6.61 Å². The largest absolute Gasteiger partial charge is 0.444 e. The molecule has 2 amide bonds. The standard InChI is InChI=1S/C14H24F2N2O4/c1-5-6-7-21-18-11(19)10(14(18,8-15)9-16)17-12(20)22-13(2,3)4/h10H,5-9H2,1-4H3,(H,17,20)/t10-/m1/s1. The molecule has 0 spiro atoms. The molecule has 8 heteroatoms. The van der Waals surface area contributed by atoms with Crippen LogP contribution in [0.1, 0.15) is 40.5 Å². The van der Waals surface area contributed by atoms with Crippen molar-refractivity contribution in [3.63, 3.8) is 0 Å². The normalized spacial score (nSPS) is 20.5. The number of alkyl halides is 2. The summed E-state index contributed by atoms with van der Waals surface area (Å²) in [5, 5.41) is 2.92. The SMILES string of the molecule is CCCCON1C(=O)[C@@H](NC(=O)OC(C)(C)C)C1(CF)CF. The first kappa shape index (κ1) is 18.6. The average Bonchev–Trinajstić information content (AvgIpc) is 2.43. The molecule has 1 saturated heterocycles. The van der Waals surface area contributed by atoms with Crippen LogP contribution in [0.25, 0.3) is 0 Å². The van der Waals surface area contributed by atoms with Crippen LogP contribution in [0, 0.1) is 0 Å². The van der Waals surface area contributed by atoms with E-state index in [0.29, 0.717) is 11.5 Å². The van der Waals surface area contributed by atoms with Gasteiger partial charge in [-0.05, 0) is 27.2 Å². The van der Waals surface area contributed by atoms with Gasteiger partial charge < -0.3 is 10.1 Å². The number of hydroxylamine groups is 2. The summed E-state index contributed by atoms with van der Waals surface area (Å²) in [4.78, 5) is 28.8. The zero-order valence-corrected chi connectivity index (χ0v) is 13.4. The van der Waals surface area contributed by atoms with Crippen LogP contribution < -0.4 is 5.32 Å². The lowest BCUT2D eigenvalue weighted by molar-refractivity contribution is -0.271. The van der Waals surface area contributed by atoms with Gasteiger partial charge in [0.2, 0.25) is 0 Å². The molecule has 0 aromatic rings. The fraction of sp³-hybridized carbons (Fsp3) is 0.857. The molecule has 22 heavy (non-hydrogen) atoms. The first-order chi connectivity index (χ1) is 10.2. The van der Waals surface area contributed by atoms with Crippen molar-refractivity contribution >= 4 is 12.0 Å². The van der Waals surface area contributed by atoms with Gasteiger partial charge >= 0.3 is 6.09 Å². The molecule has 0 aromatic heterocycles. The highest BCUT2D eigenvalue weighted by Crippen LogP contribution is 2.34. The van der Waals surface area contributed by atoms with Gasteiger partial charge in [-0.3, -0.25) is 9.63 Å². The van der Waals surface area contributed by atoms with Crippen molar-refractivity contribution in [1.82, 2.24) is 10.4 Å². The van der Waals surface area contributed by atoms with Gasteiger partial charge in [-0.15, -0.1) is 0 Å². The number of unbranched alkanes of at least 4 members (excludes halogenated alkanes) is 1. The lowest BCUT2D eigenvalue weighted by atomic mass is 9.83. The Morgan fingerprint density at radius 2 is 1.95 bits per heavy atom. The van der Waals surface area contributed by atoms with E-state index in [1.807, 2.05) is 6.92 Å². The highest BCUT2D eigenvalue weighted by Gasteiger charge is 2.63. The second kappa shape index (κ2) is 7.21. The summed E-state index contributed by atoms with van der Waals surface area (Å²) >= 11 is 0. The summed E-state index contributed by atoms with van der Waals surface area (Å²) in [5.41, 5.74) is -2.59. The van der Waals surface area contributed by atoms with Crippen molar-refractivity contribution in [1.29, 1.82) is 0 Å². The number of β-lactam (4-membered cyclic amide) rings is 1. The van der Waals surface area contributed by atoms with Gasteiger partial charge in [0.1, 0.15) is 25.0 Å². The first-order valence-electron chi connectivity index (χ1n) is 7.30. The number of nitrogens with zero attached hydrogens (tertiary/aromatic N) is 1. The van der Waals surface area contributed by atoms with Crippen LogP contribution in [-0.4, -0.2) is 54.2 Å². The van der Waals surface area contributed by atoms with E-state index in [1.165, 1.54) is 0 Å². The second-order valence-electron chi connectivity index (χ2n) is 6.27. The molecule has 1 rings (SSSR count). The molecule has 0 aromatic carbocycles. The first-order valence-corrected chi connectivity index (χ1v) is 7.30. The van der Waals surface area contributed by atoms with Crippen molar-refractivity contribution in [3.8, 4) is 0 Å². The second-order valence-corrected chi connectivity index (χ2v) is 6.27. The van der Waals surface area contributed by atoms with E-state index in [0.717, 1.165) is 6.42 Å². The number of alkyl carbamates (subject to hydrolysis) is 1. The number of amides is 2. The van der Waals surface area contributed by atoms with Gasteiger partial charge in [-0.2, -0.15) is 0 Å². The molecule has 128 valence electrons. The minimum absolute atomic E-state index is 0.184. The molecule has 1 aliphatic heterocycles. The summed E-state index contributed by atoms with van der Waals surface area (Å²) in [6, 6.07) is -1.33. The van der Waals surface area contributed by atoms with Gasteiger partial charge in [-0.25, -0.2) is 18.6 Å². The van der Waals surface area contributed by atoms with E-state index in [1.54, 1.807) is 20.8 Å². The van der Waals surface area contributed by atoms with Gasteiger partial charge in [-0.1, -0.05) is 13.3 Å². The summed E-state index contributed by atoms with van der Waals surface area (Å²) in [6.45, 7) is 4.71. The van der Waals surface area contributed by atoms with Crippen LogP contribution in [0.5, 0.6) is 0 Å². The Morgan fingerprint density at radius 1 is 1.36 bits per heavy atom. The van der Waals surface area contributed by atoms with Crippen molar-refractivity contribution in [2.45, 2.75) is 57.7 Å². The lowest BCUT2D eigenvalue weighted by Gasteiger charge is -2.52. The quantitative estimate of drug-likeness (QED) is 0.576. The molecule has 0 aliphatic carbocycles. The van der Waals surface area contributed by atoms with E-state index in [-0.39, 0.29) is 6.61 Å². The van der Waals surface area contributed by atoms with E-state index in [2.05, 4.69) is 5.32 Å². The van der Waals surface area contributed by atoms with Crippen LogP contribution in [0.3, 0.4) is 0 Å². The smallest absolute Gasteiger partial charge is 0.408 e. The molecule has 1 atom stereocenters. The maximum Gasteiger partial charge on any atom is 0.408 e. The summed E-state index contributed by atoms with van der Waals surface area (Å²) in [5.74, 6) is -0.683. The molecule has 1 N–H and O–H groups in total. The van der Waals surface area contributed by atoms with Crippen molar-refractivity contribution in [2.75, 3.05) is 20.0 Å². The third-order valence-corrected chi connectivity index (χ3v) is 3.23. The van der Waals surface area contributed by atoms with E-state index in [9.17, 15) is 18.4 Å². The number of nitrogens with one attached hydrogen (secondary N) is 1. The van der Waals surface area contributed by atoms with Gasteiger partial charge in [0.25, 0.3) is 5.91 Å². The summed E-state index contributed by atoms with van der Waals surface area (Å²) in [7, 11) is 0. The molecule has 6 nitrogen and oxygen atoms in total. The average molecular weight is 322 g/mol. The maximum absolute atomic E-state index is 13.4. The van der Waals surface area contributed by atoms with Crippen LogP contribution in [0.2, 0.25) is 0 Å². The number of rotatable bonds is 7. The molecule has 0 saturated carbocycles. The summed E-state index contributed by atoms with van der Waals surface area (Å²) in [6.07, 6.45) is 0.577.